The molecule has 0 radical (unpaired) electrons. The Kier molecular flexibility index (Phi) is 3.87. The molecule has 0 spiro atoms. The summed E-state index contributed by atoms with van der Waals surface area (Å²) in [4.78, 5) is 0. The number of ether oxygens (including phenoxy) is 2. The smallest absolute Gasteiger partial charge is 0.0704 e. The van der Waals surface area contributed by atoms with E-state index in [1.165, 1.54) is 19.3 Å². The molecule has 1 rings (SSSR count). The first kappa shape index (κ1) is 9.01. The molecule has 0 aromatic rings. The molecule has 0 N–H and O–H groups in total. The highest BCUT2D eigenvalue weighted by Gasteiger charge is 2.21. The molecule has 0 aliphatic heterocycles. The summed E-state index contributed by atoms with van der Waals surface area (Å²) >= 11 is 0. The first-order valence-corrected chi connectivity index (χ1v) is 4.43. The molecule has 0 amide bonds. The van der Waals surface area contributed by atoms with Gasteiger partial charge in [0.05, 0.1) is 19.3 Å². The van der Waals surface area contributed by atoms with Crippen molar-refractivity contribution in [1.82, 2.24) is 0 Å². The van der Waals surface area contributed by atoms with E-state index in [0.29, 0.717) is 6.10 Å². The van der Waals surface area contributed by atoms with Gasteiger partial charge in [-0.3, -0.25) is 0 Å². The first-order chi connectivity index (χ1) is 5.33. The lowest BCUT2D eigenvalue weighted by atomic mass is 10.1. The minimum absolute atomic E-state index is 0.514. The molecule has 1 saturated carbocycles. The third-order valence-corrected chi connectivity index (χ3v) is 2.29. The van der Waals surface area contributed by atoms with Crippen LogP contribution in [0.3, 0.4) is 0 Å². The van der Waals surface area contributed by atoms with Crippen molar-refractivity contribution >= 4 is 0 Å². The Labute approximate surface area is 68.9 Å². The fourth-order valence-electron chi connectivity index (χ4n) is 1.60. The van der Waals surface area contributed by atoms with E-state index in [1.807, 2.05) is 0 Å². The normalized spacial score (nSPS) is 31.1. The largest absolute Gasteiger partial charge is 0.382 e. The second kappa shape index (κ2) is 4.73. The minimum Gasteiger partial charge on any atom is -0.382 e. The van der Waals surface area contributed by atoms with Crippen molar-refractivity contribution in [1.29, 1.82) is 0 Å². The molecule has 1 fully saturated rings. The fraction of sp³-hybridized carbons (Fsp3) is 1.00. The van der Waals surface area contributed by atoms with Crippen LogP contribution in [0.1, 0.15) is 26.2 Å². The average Bonchev–Trinajstić information content (AvgIpc) is 2.37. The van der Waals surface area contributed by atoms with Gasteiger partial charge >= 0.3 is 0 Å². The number of hydrogen-bond donors (Lipinski definition) is 0. The maximum atomic E-state index is 5.59. The van der Waals surface area contributed by atoms with Crippen LogP contribution < -0.4 is 0 Å². The van der Waals surface area contributed by atoms with Crippen LogP contribution in [0.15, 0.2) is 0 Å². The Hall–Kier alpha value is -0.0800. The van der Waals surface area contributed by atoms with E-state index in [1.54, 1.807) is 7.11 Å². The van der Waals surface area contributed by atoms with Crippen LogP contribution >= 0.6 is 0 Å². The van der Waals surface area contributed by atoms with Crippen LogP contribution in [-0.4, -0.2) is 26.4 Å². The summed E-state index contributed by atoms with van der Waals surface area (Å²) in [5.74, 6) is 0.863. The molecule has 0 heterocycles. The van der Waals surface area contributed by atoms with Crippen molar-refractivity contribution in [3.63, 3.8) is 0 Å². The molecule has 66 valence electrons. The number of methoxy groups -OCH3 is 1. The van der Waals surface area contributed by atoms with Gasteiger partial charge in [-0.25, -0.2) is 0 Å². The highest BCUT2D eigenvalue weighted by atomic mass is 16.5. The maximum Gasteiger partial charge on any atom is 0.0704 e. The maximum absolute atomic E-state index is 5.59. The van der Waals surface area contributed by atoms with Crippen LogP contribution in [0.2, 0.25) is 0 Å². The van der Waals surface area contributed by atoms with Gasteiger partial charge in [-0.2, -0.15) is 0 Å². The molecule has 1 aliphatic rings. The zero-order valence-corrected chi connectivity index (χ0v) is 7.51. The van der Waals surface area contributed by atoms with Crippen molar-refractivity contribution < 1.29 is 9.47 Å². The molecule has 1 aliphatic carbocycles. The molecule has 2 heteroatoms. The second-order valence-corrected chi connectivity index (χ2v) is 3.40. The van der Waals surface area contributed by atoms with E-state index in [-0.39, 0.29) is 0 Å². The van der Waals surface area contributed by atoms with Gasteiger partial charge < -0.3 is 9.47 Å². The lowest BCUT2D eigenvalue weighted by molar-refractivity contribution is 0.0195. The summed E-state index contributed by atoms with van der Waals surface area (Å²) in [5, 5.41) is 0. The summed E-state index contributed by atoms with van der Waals surface area (Å²) in [6, 6.07) is 0. The fourth-order valence-corrected chi connectivity index (χ4v) is 1.60. The van der Waals surface area contributed by atoms with Gasteiger partial charge in [0.1, 0.15) is 0 Å². The lowest BCUT2D eigenvalue weighted by Gasteiger charge is -2.10. The molecule has 2 atom stereocenters. The third-order valence-electron chi connectivity index (χ3n) is 2.29. The first-order valence-electron chi connectivity index (χ1n) is 4.43. The van der Waals surface area contributed by atoms with Gasteiger partial charge in [0, 0.05) is 7.11 Å². The Morgan fingerprint density at radius 2 is 2.09 bits per heavy atom. The molecule has 0 aromatic carbocycles. The minimum atomic E-state index is 0.514. The molecular weight excluding hydrogens is 140 g/mol. The molecular formula is C9H18O2. The average molecular weight is 158 g/mol. The van der Waals surface area contributed by atoms with Gasteiger partial charge in [-0.05, 0) is 25.2 Å². The highest BCUT2D eigenvalue weighted by Crippen LogP contribution is 2.26. The van der Waals surface area contributed by atoms with Crippen molar-refractivity contribution in [3.8, 4) is 0 Å². The van der Waals surface area contributed by atoms with Crippen LogP contribution in [0.4, 0.5) is 0 Å². The van der Waals surface area contributed by atoms with Gasteiger partial charge in [0.2, 0.25) is 0 Å². The van der Waals surface area contributed by atoms with E-state index in [0.717, 1.165) is 19.1 Å². The summed E-state index contributed by atoms with van der Waals surface area (Å²) in [7, 11) is 1.71. The van der Waals surface area contributed by atoms with Crippen LogP contribution in [0.5, 0.6) is 0 Å². The van der Waals surface area contributed by atoms with Gasteiger partial charge in [-0.1, -0.05) is 6.92 Å². The van der Waals surface area contributed by atoms with Crippen molar-refractivity contribution in [2.24, 2.45) is 5.92 Å². The van der Waals surface area contributed by atoms with Gasteiger partial charge in [0.15, 0.2) is 0 Å². The summed E-state index contributed by atoms with van der Waals surface area (Å²) < 4.78 is 10.5. The predicted octanol–water partition coefficient (Wildman–Crippen LogP) is 1.84. The van der Waals surface area contributed by atoms with Gasteiger partial charge in [0.25, 0.3) is 0 Å². The monoisotopic (exact) mass is 158 g/mol. The zero-order valence-electron chi connectivity index (χ0n) is 7.51. The standard InChI is InChI=1S/C9H18O2/c1-8-3-4-9(7-8)11-6-5-10-2/h8-9H,3-7H2,1-2H3/t8-,9+/m1/s1. The third kappa shape index (κ3) is 3.21. The molecule has 0 unspecified atom stereocenters. The van der Waals surface area contributed by atoms with E-state index in [9.17, 15) is 0 Å². The predicted molar refractivity (Wildman–Crippen MR) is 44.6 cm³/mol. The SMILES string of the molecule is COCCO[C@H]1CC[C@@H](C)C1. The quantitative estimate of drug-likeness (QED) is 0.581. The summed E-state index contributed by atoms with van der Waals surface area (Å²) in [6.45, 7) is 3.78. The van der Waals surface area contributed by atoms with Crippen molar-refractivity contribution in [2.45, 2.75) is 32.3 Å². The molecule has 0 saturated heterocycles. The number of rotatable bonds is 4. The van der Waals surface area contributed by atoms with Crippen LogP contribution in [0.25, 0.3) is 0 Å². The lowest BCUT2D eigenvalue weighted by Crippen LogP contribution is -2.12. The Morgan fingerprint density at radius 1 is 1.27 bits per heavy atom. The van der Waals surface area contributed by atoms with Crippen LogP contribution in [0, 0.1) is 5.92 Å². The van der Waals surface area contributed by atoms with E-state index in [4.69, 9.17) is 9.47 Å². The highest BCUT2D eigenvalue weighted by molar-refractivity contribution is 4.72. The number of hydrogen-bond acceptors (Lipinski definition) is 2. The Balaban J connectivity index is 1.99. The van der Waals surface area contributed by atoms with E-state index in [2.05, 4.69) is 6.92 Å². The van der Waals surface area contributed by atoms with E-state index < -0.39 is 0 Å². The van der Waals surface area contributed by atoms with Crippen LogP contribution in [-0.2, 0) is 9.47 Å². The molecule has 11 heavy (non-hydrogen) atoms. The summed E-state index contributed by atoms with van der Waals surface area (Å²) in [5.41, 5.74) is 0. The van der Waals surface area contributed by atoms with Gasteiger partial charge in [-0.15, -0.1) is 0 Å². The van der Waals surface area contributed by atoms with E-state index >= 15 is 0 Å². The van der Waals surface area contributed by atoms with Crippen molar-refractivity contribution in [2.75, 3.05) is 20.3 Å². The topological polar surface area (TPSA) is 18.5 Å². The molecule has 0 bridgehead atoms. The second-order valence-electron chi connectivity index (χ2n) is 3.40. The Morgan fingerprint density at radius 3 is 2.64 bits per heavy atom. The molecule has 0 aromatic heterocycles. The van der Waals surface area contributed by atoms with Crippen molar-refractivity contribution in [3.05, 3.63) is 0 Å². The molecule has 2 nitrogen and oxygen atoms in total. The zero-order chi connectivity index (χ0) is 8.10. The Bertz CT molecular complexity index is 104. The summed E-state index contributed by atoms with van der Waals surface area (Å²) in [6.07, 6.45) is 4.33.